The van der Waals surface area contributed by atoms with Crippen LogP contribution in [0.25, 0.3) is 0 Å². The van der Waals surface area contributed by atoms with Crippen LogP contribution >= 0.6 is 11.6 Å². The van der Waals surface area contributed by atoms with E-state index < -0.39 is 0 Å². The van der Waals surface area contributed by atoms with E-state index in [0.717, 1.165) is 37.4 Å². The van der Waals surface area contributed by atoms with Crippen LogP contribution in [0.15, 0.2) is 28.9 Å². The summed E-state index contributed by atoms with van der Waals surface area (Å²) in [7, 11) is 0. The number of rotatable bonds is 2. The molecule has 0 spiro atoms. The van der Waals surface area contributed by atoms with Crippen molar-refractivity contribution < 1.29 is 0 Å². The lowest BCUT2D eigenvalue weighted by molar-refractivity contribution is 0.499. The molecule has 0 saturated carbocycles. The summed E-state index contributed by atoms with van der Waals surface area (Å²) in [6.07, 6.45) is 4.18. The fourth-order valence-corrected chi connectivity index (χ4v) is 2.69. The van der Waals surface area contributed by atoms with Gasteiger partial charge in [-0.15, -0.1) is 10.2 Å². The van der Waals surface area contributed by atoms with Crippen molar-refractivity contribution in [3.63, 3.8) is 0 Å². The molecule has 2 aliphatic heterocycles. The second kappa shape index (κ2) is 5.17. The number of hydrogen-bond donors (Lipinski definition) is 1. The first-order valence-corrected chi connectivity index (χ1v) is 6.85. The molecule has 0 bridgehead atoms. The minimum atomic E-state index is 0.430. The van der Waals surface area contributed by atoms with Gasteiger partial charge in [-0.2, -0.15) is 0 Å². The van der Waals surface area contributed by atoms with Gasteiger partial charge in [-0.1, -0.05) is 11.6 Å². The highest BCUT2D eigenvalue weighted by atomic mass is 35.5. The third kappa shape index (κ3) is 2.71. The molecule has 5 nitrogen and oxygen atoms in total. The first-order valence-electron chi connectivity index (χ1n) is 6.47. The maximum atomic E-state index is 5.77. The van der Waals surface area contributed by atoms with Crippen molar-refractivity contribution >= 4 is 23.1 Å². The molecule has 2 aliphatic rings. The largest absolute Gasteiger partial charge is 0.400 e. The Kier molecular flexibility index (Phi) is 3.38. The summed E-state index contributed by atoms with van der Waals surface area (Å²) in [6.45, 7) is 2.60. The summed E-state index contributed by atoms with van der Waals surface area (Å²) < 4.78 is 0. The predicted octanol–water partition coefficient (Wildman–Crippen LogP) is 1.64. The highest BCUT2D eigenvalue weighted by Gasteiger charge is 2.24. The molecule has 6 heteroatoms. The normalized spacial score (nSPS) is 20.4. The van der Waals surface area contributed by atoms with Crippen molar-refractivity contribution in [3.8, 4) is 0 Å². The molecule has 0 aromatic carbocycles. The minimum absolute atomic E-state index is 0.430. The Bertz CT molecular complexity index is 514. The predicted molar refractivity (Wildman–Crippen MR) is 76.6 cm³/mol. The average Bonchev–Trinajstić information content (AvgIpc) is 2.87. The number of allylic oxidation sites excluding steroid dienone is 1. The molecule has 0 amide bonds. The first kappa shape index (κ1) is 12.4. The Labute approximate surface area is 117 Å². The fraction of sp³-hybridized carbons (Fsp3) is 0.462. The van der Waals surface area contributed by atoms with E-state index in [2.05, 4.69) is 20.1 Å². The van der Waals surface area contributed by atoms with Crippen LogP contribution in [-0.2, 0) is 0 Å². The second-order valence-electron chi connectivity index (χ2n) is 4.94. The van der Waals surface area contributed by atoms with Crippen molar-refractivity contribution in [2.45, 2.75) is 12.8 Å². The number of nitrogens with two attached hydrogens (primary N) is 1. The summed E-state index contributed by atoms with van der Waals surface area (Å²) in [5.41, 5.74) is 7.81. The van der Waals surface area contributed by atoms with Gasteiger partial charge in [0.15, 0.2) is 11.0 Å². The van der Waals surface area contributed by atoms with Crippen molar-refractivity contribution in [1.82, 2.24) is 10.2 Å². The zero-order valence-electron chi connectivity index (χ0n) is 10.6. The molecule has 1 saturated heterocycles. The van der Waals surface area contributed by atoms with Gasteiger partial charge >= 0.3 is 0 Å². The lowest BCUT2D eigenvalue weighted by Gasteiger charge is -2.32. The molecule has 1 aromatic rings. The summed E-state index contributed by atoms with van der Waals surface area (Å²) >= 11 is 5.75. The van der Waals surface area contributed by atoms with Crippen molar-refractivity contribution in [2.24, 2.45) is 16.6 Å². The Morgan fingerprint density at radius 3 is 2.58 bits per heavy atom. The molecule has 100 valence electrons. The highest BCUT2D eigenvalue weighted by Crippen LogP contribution is 2.24. The topological polar surface area (TPSA) is 67.4 Å². The second-order valence-corrected chi connectivity index (χ2v) is 5.32. The van der Waals surface area contributed by atoms with E-state index in [0.29, 0.717) is 17.6 Å². The van der Waals surface area contributed by atoms with Gasteiger partial charge in [0, 0.05) is 30.4 Å². The van der Waals surface area contributed by atoms with Gasteiger partial charge < -0.3 is 10.6 Å². The molecule has 0 atom stereocenters. The van der Waals surface area contributed by atoms with E-state index in [-0.39, 0.29) is 0 Å². The van der Waals surface area contributed by atoms with E-state index in [1.54, 1.807) is 6.07 Å². The number of hydrogen-bond acceptors (Lipinski definition) is 5. The summed E-state index contributed by atoms with van der Waals surface area (Å²) in [6, 6.07) is 3.70. The smallest absolute Gasteiger partial charge is 0.151 e. The molecule has 0 aliphatic carbocycles. The number of nitrogens with zero attached hydrogens (tertiary/aromatic N) is 4. The molecule has 0 unspecified atom stereocenters. The van der Waals surface area contributed by atoms with Crippen LogP contribution in [0.4, 0.5) is 5.82 Å². The van der Waals surface area contributed by atoms with E-state index >= 15 is 0 Å². The monoisotopic (exact) mass is 277 g/mol. The van der Waals surface area contributed by atoms with Gasteiger partial charge in [0.2, 0.25) is 0 Å². The summed E-state index contributed by atoms with van der Waals surface area (Å²) in [4.78, 5) is 6.72. The van der Waals surface area contributed by atoms with Gasteiger partial charge in [0.1, 0.15) is 0 Å². The average molecular weight is 278 g/mol. The van der Waals surface area contributed by atoms with Gasteiger partial charge in [-0.25, -0.2) is 0 Å². The maximum Gasteiger partial charge on any atom is 0.151 e. The quantitative estimate of drug-likeness (QED) is 0.892. The van der Waals surface area contributed by atoms with Crippen molar-refractivity contribution in [1.29, 1.82) is 0 Å². The summed E-state index contributed by atoms with van der Waals surface area (Å²) in [5, 5.41) is 8.43. The standard InChI is InChI=1S/C13H16ClN5/c14-12-1-2-13(18-17-12)19-5-3-9(4-6-19)11-7-10(15)8-16-11/h1-2,7,9H,3-6,8,15H2. The van der Waals surface area contributed by atoms with Crippen LogP contribution in [0.2, 0.25) is 5.15 Å². The van der Waals surface area contributed by atoms with Crippen LogP contribution in [-0.4, -0.2) is 35.5 Å². The zero-order chi connectivity index (χ0) is 13.2. The maximum absolute atomic E-state index is 5.77. The zero-order valence-corrected chi connectivity index (χ0v) is 11.3. The van der Waals surface area contributed by atoms with Gasteiger partial charge in [0.25, 0.3) is 0 Å². The minimum Gasteiger partial charge on any atom is -0.400 e. The molecule has 2 N–H and O–H groups in total. The third-order valence-electron chi connectivity index (χ3n) is 3.63. The van der Waals surface area contributed by atoms with E-state index in [9.17, 15) is 0 Å². The van der Waals surface area contributed by atoms with Crippen LogP contribution < -0.4 is 10.6 Å². The number of piperidine rings is 1. The molecule has 1 aromatic heterocycles. The molecule has 0 radical (unpaired) electrons. The number of aromatic nitrogens is 2. The first-order chi connectivity index (χ1) is 9.22. The molecule has 1 fully saturated rings. The number of aliphatic imine (C=N–C) groups is 1. The van der Waals surface area contributed by atoms with Crippen molar-refractivity contribution in [2.75, 3.05) is 24.5 Å². The van der Waals surface area contributed by atoms with Crippen LogP contribution in [0.5, 0.6) is 0 Å². The van der Waals surface area contributed by atoms with Crippen LogP contribution in [0.3, 0.4) is 0 Å². The third-order valence-corrected chi connectivity index (χ3v) is 3.83. The molecule has 19 heavy (non-hydrogen) atoms. The van der Waals surface area contributed by atoms with E-state index in [4.69, 9.17) is 17.3 Å². The Balaban J connectivity index is 1.62. The molecule has 3 rings (SSSR count). The van der Waals surface area contributed by atoms with E-state index in [1.807, 2.05) is 12.1 Å². The Hall–Kier alpha value is -1.62. The van der Waals surface area contributed by atoms with E-state index in [1.165, 1.54) is 5.71 Å². The van der Waals surface area contributed by atoms with Gasteiger partial charge in [0.05, 0.1) is 6.54 Å². The SMILES string of the molecule is NC1=CC(C2CCN(c3ccc(Cl)nn3)CC2)=NC1. The number of anilines is 1. The molecule has 3 heterocycles. The van der Waals surface area contributed by atoms with Crippen LogP contribution in [0, 0.1) is 5.92 Å². The molecular formula is C13H16ClN5. The van der Waals surface area contributed by atoms with Gasteiger partial charge in [-0.05, 0) is 31.1 Å². The van der Waals surface area contributed by atoms with Gasteiger partial charge in [-0.3, -0.25) is 4.99 Å². The summed E-state index contributed by atoms with van der Waals surface area (Å²) in [5.74, 6) is 1.42. The fourth-order valence-electron chi connectivity index (χ4n) is 2.59. The Morgan fingerprint density at radius 1 is 1.21 bits per heavy atom. The molecular weight excluding hydrogens is 262 g/mol. The Morgan fingerprint density at radius 2 is 2.00 bits per heavy atom. The lowest BCUT2D eigenvalue weighted by atomic mass is 9.92. The van der Waals surface area contributed by atoms with Crippen LogP contribution in [0.1, 0.15) is 12.8 Å². The lowest BCUT2D eigenvalue weighted by Crippen LogP contribution is -2.36. The highest BCUT2D eigenvalue weighted by molar-refractivity contribution is 6.29. The number of halogens is 1. The van der Waals surface area contributed by atoms with Crippen molar-refractivity contribution in [3.05, 3.63) is 29.1 Å².